The molecular weight excluding hydrogens is 250 g/mol. The van der Waals surface area contributed by atoms with Gasteiger partial charge in [-0.15, -0.1) is 0 Å². The number of nitrogens with one attached hydrogen (secondary N) is 1. The third-order valence-electron chi connectivity index (χ3n) is 3.34. The maximum atomic E-state index is 5.98. The lowest BCUT2D eigenvalue weighted by atomic mass is 10.1. The summed E-state index contributed by atoms with van der Waals surface area (Å²) in [6.07, 6.45) is 6.12. The Labute approximate surface area is 117 Å². The number of nitrogens with zero attached hydrogens (tertiary/aromatic N) is 1. The molecule has 0 saturated carbocycles. The van der Waals surface area contributed by atoms with Gasteiger partial charge in [0.05, 0.1) is 6.26 Å². The van der Waals surface area contributed by atoms with Crippen LogP contribution in [0.5, 0.6) is 0 Å². The lowest BCUT2D eigenvalue weighted by molar-refractivity contribution is 0.498. The molecule has 0 fully saturated rings. The van der Waals surface area contributed by atoms with E-state index in [0.29, 0.717) is 0 Å². The number of hydrogen-bond acceptors (Lipinski definition) is 4. The highest BCUT2D eigenvalue weighted by Gasteiger charge is 2.09. The summed E-state index contributed by atoms with van der Waals surface area (Å²) in [5.41, 5.74) is 7.80. The fraction of sp³-hybridized carbons (Fsp3) is 0.188. The molecule has 0 radical (unpaired) electrons. The van der Waals surface area contributed by atoms with Gasteiger partial charge in [-0.1, -0.05) is 0 Å². The van der Waals surface area contributed by atoms with Crippen molar-refractivity contribution < 1.29 is 4.42 Å². The Bertz CT molecular complexity index is 707. The van der Waals surface area contributed by atoms with Crippen LogP contribution in [-0.2, 0) is 6.42 Å². The van der Waals surface area contributed by atoms with Crippen molar-refractivity contribution in [1.82, 2.24) is 4.98 Å². The zero-order chi connectivity index (χ0) is 13.9. The van der Waals surface area contributed by atoms with Crippen LogP contribution in [0.3, 0.4) is 0 Å². The van der Waals surface area contributed by atoms with E-state index in [1.165, 1.54) is 0 Å². The predicted octanol–water partition coefficient (Wildman–Crippen LogP) is 3.45. The van der Waals surface area contributed by atoms with Crippen LogP contribution in [0.4, 0.5) is 11.4 Å². The van der Waals surface area contributed by atoms with Gasteiger partial charge < -0.3 is 15.5 Å². The molecular formula is C16H17N3O. The first-order valence-electron chi connectivity index (χ1n) is 6.65. The Balaban J connectivity index is 1.85. The van der Waals surface area contributed by atoms with Crippen LogP contribution in [0.1, 0.15) is 12.7 Å². The molecule has 0 aliphatic rings. The molecule has 4 nitrogen and oxygen atoms in total. The van der Waals surface area contributed by atoms with E-state index in [-0.39, 0.29) is 6.04 Å². The average Bonchev–Trinajstić information content (AvgIpc) is 2.95. The van der Waals surface area contributed by atoms with Crippen LogP contribution in [0.2, 0.25) is 0 Å². The minimum absolute atomic E-state index is 0.265. The van der Waals surface area contributed by atoms with Crippen LogP contribution in [0.25, 0.3) is 10.8 Å². The van der Waals surface area contributed by atoms with Crippen molar-refractivity contribution in [2.24, 2.45) is 0 Å². The molecule has 0 aliphatic carbocycles. The first-order valence-corrected chi connectivity index (χ1v) is 6.65. The minimum atomic E-state index is 0.265. The molecule has 3 aromatic rings. The monoisotopic (exact) mass is 267 g/mol. The smallest absolute Gasteiger partial charge is 0.105 e. The average molecular weight is 267 g/mol. The van der Waals surface area contributed by atoms with Gasteiger partial charge >= 0.3 is 0 Å². The molecule has 20 heavy (non-hydrogen) atoms. The molecule has 0 saturated heterocycles. The minimum Gasteiger partial charge on any atom is -0.469 e. The third kappa shape index (κ3) is 2.45. The van der Waals surface area contributed by atoms with Gasteiger partial charge in [0.15, 0.2) is 0 Å². The summed E-state index contributed by atoms with van der Waals surface area (Å²) in [7, 11) is 0. The van der Waals surface area contributed by atoms with Crippen molar-refractivity contribution in [2.45, 2.75) is 19.4 Å². The van der Waals surface area contributed by atoms with Crippen molar-refractivity contribution in [3.05, 3.63) is 54.7 Å². The number of nitrogens with two attached hydrogens (primary N) is 1. The topological polar surface area (TPSA) is 64.1 Å². The van der Waals surface area contributed by atoms with Crippen molar-refractivity contribution in [3.8, 4) is 0 Å². The van der Waals surface area contributed by atoms with Crippen molar-refractivity contribution in [1.29, 1.82) is 0 Å². The second kappa shape index (κ2) is 5.25. The van der Waals surface area contributed by atoms with E-state index in [1.807, 2.05) is 30.3 Å². The van der Waals surface area contributed by atoms with E-state index in [4.69, 9.17) is 10.2 Å². The zero-order valence-corrected chi connectivity index (χ0v) is 11.3. The van der Waals surface area contributed by atoms with Gasteiger partial charge in [0, 0.05) is 47.0 Å². The number of benzene rings is 1. The first-order chi connectivity index (χ1) is 9.74. The summed E-state index contributed by atoms with van der Waals surface area (Å²) in [6, 6.07) is 10.1. The first kappa shape index (κ1) is 12.5. The van der Waals surface area contributed by atoms with Gasteiger partial charge in [-0.3, -0.25) is 4.98 Å². The Kier molecular flexibility index (Phi) is 3.29. The molecule has 102 valence electrons. The molecule has 2 heterocycles. The predicted molar refractivity (Wildman–Crippen MR) is 81.7 cm³/mol. The molecule has 1 atom stereocenters. The van der Waals surface area contributed by atoms with Crippen LogP contribution in [0, 0.1) is 0 Å². The van der Waals surface area contributed by atoms with E-state index >= 15 is 0 Å². The summed E-state index contributed by atoms with van der Waals surface area (Å²) in [4.78, 5) is 4.13. The molecule has 0 bridgehead atoms. The number of nitrogen functional groups attached to an aromatic ring is 1. The normalized spacial score (nSPS) is 12.4. The maximum absolute atomic E-state index is 5.98. The second-order valence-electron chi connectivity index (χ2n) is 4.95. The van der Waals surface area contributed by atoms with Crippen molar-refractivity contribution >= 4 is 22.1 Å². The van der Waals surface area contributed by atoms with E-state index in [9.17, 15) is 0 Å². The number of rotatable bonds is 4. The second-order valence-corrected chi connectivity index (χ2v) is 4.95. The number of fused-ring (bicyclic) bond motifs is 1. The van der Waals surface area contributed by atoms with Crippen LogP contribution < -0.4 is 11.1 Å². The molecule has 0 spiro atoms. The Morgan fingerprint density at radius 3 is 2.95 bits per heavy atom. The van der Waals surface area contributed by atoms with Gasteiger partial charge in [-0.2, -0.15) is 0 Å². The lowest BCUT2D eigenvalue weighted by Crippen LogP contribution is -2.18. The standard InChI is InChI=1S/C16H17N3O/c1-11(9-12-3-2-8-20-12)19-16-5-4-15(17)14-10-18-7-6-13(14)16/h2-8,10-11,19H,9,17H2,1H3. The Morgan fingerprint density at radius 2 is 2.15 bits per heavy atom. The van der Waals surface area contributed by atoms with Crippen LogP contribution >= 0.6 is 0 Å². The highest BCUT2D eigenvalue weighted by Crippen LogP contribution is 2.28. The quantitative estimate of drug-likeness (QED) is 0.711. The molecule has 3 N–H and O–H groups in total. The summed E-state index contributed by atoms with van der Waals surface area (Å²) in [6.45, 7) is 2.13. The summed E-state index contributed by atoms with van der Waals surface area (Å²) < 4.78 is 5.38. The van der Waals surface area contributed by atoms with E-state index in [0.717, 1.165) is 34.3 Å². The summed E-state index contributed by atoms with van der Waals surface area (Å²) in [5, 5.41) is 5.57. The molecule has 1 aromatic carbocycles. The van der Waals surface area contributed by atoms with Gasteiger partial charge in [-0.05, 0) is 37.3 Å². The zero-order valence-electron chi connectivity index (χ0n) is 11.3. The molecule has 4 heteroatoms. The fourth-order valence-electron chi connectivity index (χ4n) is 2.38. The molecule has 0 amide bonds. The highest BCUT2D eigenvalue weighted by molar-refractivity contribution is 6.00. The number of furan rings is 1. The molecule has 0 aliphatic heterocycles. The van der Waals surface area contributed by atoms with Gasteiger partial charge in [0.2, 0.25) is 0 Å². The number of hydrogen-bond donors (Lipinski definition) is 2. The van der Waals surface area contributed by atoms with E-state index in [2.05, 4.69) is 17.2 Å². The molecule has 3 rings (SSSR count). The van der Waals surface area contributed by atoms with E-state index in [1.54, 1.807) is 18.7 Å². The van der Waals surface area contributed by atoms with Crippen molar-refractivity contribution in [3.63, 3.8) is 0 Å². The summed E-state index contributed by atoms with van der Waals surface area (Å²) in [5.74, 6) is 0.978. The largest absolute Gasteiger partial charge is 0.469 e. The van der Waals surface area contributed by atoms with Gasteiger partial charge in [0.25, 0.3) is 0 Å². The highest BCUT2D eigenvalue weighted by atomic mass is 16.3. The van der Waals surface area contributed by atoms with Crippen molar-refractivity contribution in [2.75, 3.05) is 11.1 Å². The van der Waals surface area contributed by atoms with Crippen LogP contribution in [-0.4, -0.2) is 11.0 Å². The maximum Gasteiger partial charge on any atom is 0.105 e. The van der Waals surface area contributed by atoms with Gasteiger partial charge in [0.1, 0.15) is 5.76 Å². The number of anilines is 2. The van der Waals surface area contributed by atoms with Gasteiger partial charge in [-0.25, -0.2) is 0 Å². The third-order valence-corrected chi connectivity index (χ3v) is 3.34. The summed E-state index contributed by atoms with van der Waals surface area (Å²) >= 11 is 0. The number of pyridine rings is 1. The fourth-order valence-corrected chi connectivity index (χ4v) is 2.38. The molecule has 1 unspecified atom stereocenters. The SMILES string of the molecule is CC(Cc1ccco1)Nc1ccc(N)c2cnccc12. The van der Waals surface area contributed by atoms with E-state index < -0.39 is 0 Å². The number of aromatic nitrogens is 1. The van der Waals surface area contributed by atoms with Crippen LogP contribution in [0.15, 0.2) is 53.4 Å². The lowest BCUT2D eigenvalue weighted by Gasteiger charge is -2.16. The molecule has 2 aromatic heterocycles. The Hall–Kier alpha value is -2.49. The Morgan fingerprint density at radius 1 is 1.25 bits per heavy atom.